The van der Waals surface area contributed by atoms with E-state index >= 15 is 0 Å². The van der Waals surface area contributed by atoms with Gasteiger partial charge in [0.05, 0.1) is 17.1 Å². The Labute approximate surface area is 181 Å². The van der Waals surface area contributed by atoms with E-state index in [1.165, 1.54) is 11.1 Å². The standard InChI is InChI=1S/C24H24N6O/c1-4-30(23(31)18-9-10-20-21(15-18)26-14-13-25-20)22-11-12-27-24(29-22)28-17(3)19-8-6-5-7-16(19)2/h5-15,17H,4H2,1-3H3,(H,27,28,29)/t17-/m0/s1. The Morgan fingerprint density at radius 2 is 1.77 bits per heavy atom. The molecule has 7 heteroatoms. The molecule has 0 unspecified atom stereocenters. The second kappa shape index (κ2) is 8.87. The summed E-state index contributed by atoms with van der Waals surface area (Å²) in [4.78, 5) is 32.3. The van der Waals surface area contributed by atoms with Crippen molar-refractivity contribution >= 4 is 28.7 Å². The number of benzene rings is 2. The highest BCUT2D eigenvalue weighted by atomic mass is 16.2. The van der Waals surface area contributed by atoms with Crippen LogP contribution >= 0.6 is 0 Å². The van der Waals surface area contributed by atoms with Crippen molar-refractivity contribution in [3.8, 4) is 0 Å². The molecule has 4 aromatic rings. The summed E-state index contributed by atoms with van der Waals surface area (Å²) >= 11 is 0. The third kappa shape index (κ3) is 4.35. The van der Waals surface area contributed by atoms with E-state index < -0.39 is 0 Å². The number of amides is 1. The third-order valence-corrected chi connectivity index (χ3v) is 5.20. The van der Waals surface area contributed by atoms with Gasteiger partial charge < -0.3 is 5.32 Å². The van der Waals surface area contributed by atoms with Gasteiger partial charge in [-0.25, -0.2) is 4.98 Å². The highest BCUT2D eigenvalue weighted by molar-refractivity contribution is 6.07. The SMILES string of the molecule is CCN(C(=O)c1ccc2nccnc2c1)c1ccnc(N[C@@H](C)c2ccccc2C)n1. The molecule has 2 aromatic heterocycles. The molecule has 0 saturated carbocycles. The summed E-state index contributed by atoms with van der Waals surface area (Å²) in [6.07, 6.45) is 4.92. The molecular formula is C24H24N6O. The summed E-state index contributed by atoms with van der Waals surface area (Å²) in [6.45, 7) is 6.54. The topological polar surface area (TPSA) is 83.9 Å². The van der Waals surface area contributed by atoms with Crippen molar-refractivity contribution < 1.29 is 4.79 Å². The van der Waals surface area contributed by atoms with Gasteiger partial charge in [0.2, 0.25) is 5.95 Å². The first kappa shape index (κ1) is 20.4. The monoisotopic (exact) mass is 412 g/mol. The van der Waals surface area contributed by atoms with Crippen LogP contribution in [0.3, 0.4) is 0 Å². The van der Waals surface area contributed by atoms with Crippen molar-refractivity contribution in [1.29, 1.82) is 0 Å². The second-order valence-electron chi connectivity index (χ2n) is 7.27. The fourth-order valence-electron chi connectivity index (χ4n) is 3.57. The van der Waals surface area contributed by atoms with Crippen LogP contribution in [0, 0.1) is 6.92 Å². The van der Waals surface area contributed by atoms with Crippen molar-refractivity contribution in [2.45, 2.75) is 26.8 Å². The van der Waals surface area contributed by atoms with Crippen molar-refractivity contribution in [2.75, 3.05) is 16.8 Å². The number of hydrogen-bond acceptors (Lipinski definition) is 6. The number of aromatic nitrogens is 4. The summed E-state index contributed by atoms with van der Waals surface area (Å²) < 4.78 is 0. The number of hydrogen-bond donors (Lipinski definition) is 1. The van der Waals surface area contributed by atoms with Gasteiger partial charge in [-0.05, 0) is 56.2 Å². The van der Waals surface area contributed by atoms with Gasteiger partial charge in [0.25, 0.3) is 5.91 Å². The quantitative estimate of drug-likeness (QED) is 0.499. The van der Waals surface area contributed by atoms with Gasteiger partial charge in [-0.2, -0.15) is 4.98 Å². The molecule has 1 N–H and O–H groups in total. The Morgan fingerprint density at radius 1 is 1.00 bits per heavy atom. The molecule has 156 valence electrons. The molecule has 0 aliphatic rings. The average molecular weight is 412 g/mol. The van der Waals surface area contributed by atoms with E-state index in [4.69, 9.17) is 0 Å². The molecule has 1 amide bonds. The van der Waals surface area contributed by atoms with Crippen LogP contribution in [0.2, 0.25) is 0 Å². The first-order valence-corrected chi connectivity index (χ1v) is 10.2. The van der Waals surface area contributed by atoms with E-state index in [-0.39, 0.29) is 11.9 Å². The lowest BCUT2D eigenvalue weighted by Gasteiger charge is -2.21. The Morgan fingerprint density at radius 3 is 2.55 bits per heavy atom. The van der Waals surface area contributed by atoms with Crippen molar-refractivity contribution in [2.24, 2.45) is 0 Å². The third-order valence-electron chi connectivity index (χ3n) is 5.20. The van der Waals surface area contributed by atoms with E-state index in [1.807, 2.05) is 19.1 Å². The van der Waals surface area contributed by atoms with Gasteiger partial charge in [0.1, 0.15) is 5.82 Å². The molecule has 7 nitrogen and oxygen atoms in total. The number of carbonyl (C=O) groups is 1. The Bertz CT molecular complexity index is 1230. The number of carbonyl (C=O) groups excluding carboxylic acids is 1. The number of aryl methyl sites for hydroxylation is 1. The maximum atomic E-state index is 13.2. The number of anilines is 2. The predicted octanol–water partition coefficient (Wildman–Crippen LogP) is 4.57. The van der Waals surface area contributed by atoms with Crippen LogP contribution in [-0.4, -0.2) is 32.4 Å². The molecule has 0 radical (unpaired) electrons. The first-order chi connectivity index (χ1) is 15.1. The highest BCUT2D eigenvalue weighted by Gasteiger charge is 2.19. The van der Waals surface area contributed by atoms with Crippen LogP contribution in [0.4, 0.5) is 11.8 Å². The normalized spacial score (nSPS) is 11.8. The fraction of sp³-hybridized carbons (Fsp3) is 0.208. The molecule has 0 fully saturated rings. The van der Waals surface area contributed by atoms with Crippen LogP contribution in [0.5, 0.6) is 0 Å². The zero-order chi connectivity index (χ0) is 21.8. The fourth-order valence-corrected chi connectivity index (χ4v) is 3.57. The molecule has 4 rings (SSSR count). The number of rotatable bonds is 6. The van der Waals surface area contributed by atoms with E-state index in [9.17, 15) is 4.79 Å². The maximum absolute atomic E-state index is 13.2. The summed E-state index contributed by atoms with van der Waals surface area (Å²) in [6, 6.07) is 15.3. The molecule has 0 spiro atoms. The van der Waals surface area contributed by atoms with Gasteiger partial charge in [-0.1, -0.05) is 24.3 Å². The molecule has 0 aliphatic heterocycles. The Hall–Kier alpha value is -3.87. The Balaban J connectivity index is 1.58. The van der Waals surface area contributed by atoms with E-state index in [1.54, 1.807) is 47.8 Å². The molecule has 0 aliphatic carbocycles. The van der Waals surface area contributed by atoms with Crippen molar-refractivity contribution in [1.82, 2.24) is 19.9 Å². The molecule has 0 bridgehead atoms. The molecule has 1 atom stereocenters. The molecular weight excluding hydrogens is 388 g/mol. The lowest BCUT2D eigenvalue weighted by Crippen LogP contribution is -2.31. The minimum atomic E-state index is -0.147. The molecule has 2 aromatic carbocycles. The zero-order valence-electron chi connectivity index (χ0n) is 17.8. The number of nitrogens with one attached hydrogen (secondary N) is 1. The van der Waals surface area contributed by atoms with E-state index in [0.717, 1.165) is 5.52 Å². The molecule has 2 heterocycles. The lowest BCUT2D eigenvalue weighted by molar-refractivity contribution is 0.0987. The van der Waals surface area contributed by atoms with Gasteiger partial charge in [-0.15, -0.1) is 0 Å². The van der Waals surface area contributed by atoms with E-state index in [0.29, 0.717) is 29.4 Å². The van der Waals surface area contributed by atoms with Gasteiger partial charge >= 0.3 is 0 Å². The summed E-state index contributed by atoms with van der Waals surface area (Å²) in [5.74, 6) is 0.872. The van der Waals surface area contributed by atoms with Crippen LogP contribution in [0.15, 0.2) is 67.1 Å². The molecule has 31 heavy (non-hydrogen) atoms. The zero-order valence-corrected chi connectivity index (χ0v) is 17.8. The summed E-state index contributed by atoms with van der Waals surface area (Å²) in [7, 11) is 0. The highest BCUT2D eigenvalue weighted by Crippen LogP contribution is 2.22. The predicted molar refractivity (Wildman–Crippen MR) is 122 cm³/mol. The van der Waals surface area contributed by atoms with Crippen LogP contribution in [0.25, 0.3) is 11.0 Å². The smallest absolute Gasteiger partial charge is 0.259 e. The van der Waals surface area contributed by atoms with Gasteiger partial charge in [0.15, 0.2) is 0 Å². The number of fused-ring (bicyclic) bond motifs is 1. The van der Waals surface area contributed by atoms with Crippen LogP contribution < -0.4 is 10.2 Å². The van der Waals surface area contributed by atoms with Crippen LogP contribution in [-0.2, 0) is 0 Å². The lowest BCUT2D eigenvalue weighted by atomic mass is 10.0. The minimum absolute atomic E-state index is 0.0290. The largest absolute Gasteiger partial charge is 0.348 e. The summed E-state index contributed by atoms with van der Waals surface area (Å²) in [5.41, 5.74) is 4.35. The first-order valence-electron chi connectivity index (χ1n) is 10.2. The molecule has 0 saturated heterocycles. The van der Waals surface area contributed by atoms with Crippen molar-refractivity contribution in [3.63, 3.8) is 0 Å². The van der Waals surface area contributed by atoms with Gasteiger partial charge in [-0.3, -0.25) is 19.7 Å². The van der Waals surface area contributed by atoms with Gasteiger partial charge in [0, 0.05) is 30.7 Å². The maximum Gasteiger partial charge on any atom is 0.259 e. The van der Waals surface area contributed by atoms with E-state index in [2.05, 4.69) is 51.2 Å². The minimum Gasteiger partial charge on any atom is -0.348 e. The summed E-state index contributed by atoms with van der Waals surface area (Å²) in [5, 5.41) is 3.34. The average Bonchev–Trinajstić information content (AvgIpc) is 2.79. The Kier molecular flexibility index (Phi) is 5.84. The number of nitrogens with zero attached hydrogens (tertiary/aromatic N) is 5. The second-order valence-corrected chi connectivity index (χ2v) is 7.27. The van der Waals surface area contributed by atoms with Crippen LogP contribution in [0.1, 0.15) is 41.4 Å². The van der Waals surface area contributed by atoms with Crippen molar-refractivity contribution in [3.05, 3.63) is 83.8 Å².